The minimum Gasteiger partial charge on any atom is -0.497 e. The third-order valence-electron chi connectivity index (χ3n) is 7.57. The Balaban J connectivity index is 1.82. The smallest absolute Gasteiger partial charge is 0.192 e. The van der Waals surface area contributed by atoms with Crippen LogP contribution in [0.2, 0.25) is 0 Å². The maximum atomic E-state index is 13.6. The molecule has 4 aromatic carbocycles. The summed E-state index contributed by atoms with van der Waals surface area (Å²) >= 11 is 0. The molecule has 0 fully saturated rings. The largest absolute Gasteiger partial charge is 0.497 e. The van der Waals surface area contributed by atoms with Gasteiger partial charge in [-0.1, -0.05) is 49.1 Å². The Labute approximate surface area is 229 Å². The van der Waals surface area contributed by atoms with Crippen molar-refractivity contribution < 1.29 is 23.7 Å². The lowest BCUT2D eigenvalue weighted by Crippen LogP contribution is -2.35. The molecule has 1 heterocycles. The first kappa shape index (κ1) is 26.3. The quantitative estimate of drug-likeness (QED) is 0.227. The summed E-state index contributed by atoms with van der Waals surface area (Å²) in [6.45, 7) is 7.68. The van der Waals surface area contributed by atoms with E-state index < -0.39 is 11.7 Å². The maximum absolute atomic E-state index is 13.6. The molecular weight excluding hydrogens is 488 g/mol. The van der Waals surface area contributed by atoms with Crippen LogP contribution in [0.4, 0.5) is 0 Å². The number of hydrogen-bond donors (Lipinski definition) is 0. The molecule has 0 saturated heterocycles. The van der Waals surface area contributed by atoms with Gasteiger partial charge in [0.25, 0.3) is 0 Å². The summed E-state index contributed by atoms with van der Waals surface area (Å²) in [6.07, 6.45) is 5.24. The van der Waals surface area contributed by atoms with Gasteiger partial charge < -0.3 is 18.9 Å². The number of aryl methyl sites for hydroxylation is 1. The highest BCUT2D eigenvalue weighted by Crippen LogP contribution is 2.48. The molecule has 0 N–H and O–H groups in total. The average molecular weight is 521 g/mol. The van der Waals surface area contributed by atoms with Crippen molar-refractivity contribution in [1.29, 1.82) is 0 Å². The summed E-state index contributed by atoms with van der Waals surface area (Å²) < 4.78 is 23.4. The molecule has 0 aliphatic carbocycles. The summed E-state index contributed by atoms with van der Waals surface area (Å²) in [5.41, 5.74) is 4.08. The summed E-state index contributed by atoms with van der Waals surface area (Å²) in [5.74, 6) is 2.06. The van der Waals surface area contributed by atoms with Gasteiger partial charge >= 0.3 is 0 Å². The van der Waals surface area contributed by atoms with Gasteiger partial charge in [-0.15, -0.1) is 0 Å². The summed E-state index contributed by atoms with van der Waals surface area (Å²) in [5, 5.41) is 1.86. The van der Waals surface area contributed by atoms with E-state index in [0.29, 0.717) is 11.3 Å². The van der Waals surface area contributed by atoms with E-state index in [0.717, 1.165) is 50.1 Å². The second-order valence-electron chi connectivity index (χ2n) is 9.62. The van der Waals surface area contributed by atoms with Crippen molar-refractivity contribution in [3.8, 4) is 17.2 Å². The van der Waals surface area contributed by atoms with E-state index in [1.807, 2.05) is 79.7 Å². The SMILES string of the molecule is C=Cc1ccc2c3c(c(C(=O)C(C)OC)c(C)c2c1)C=CC(c1ccc(OC)cc1)(c1ccc(OC)cc1)O3. The van der Waals surface area contributed by atoms with Gasteiger partial charge in [0.15, 0.2) is 11.4 Å². The Kier molecular flexibility index (Phi) is 7.02. The number of carbonyl (C=O) groups is 1. The molecule has 1 unspecified atom stereocenters. The van der Waals surface area contributed by atoms with Gasteiger partial charge in [0, 0.05) is 34.7 Å². The van der Waals surface area contributed by atoms with Crippen LogP contribution >= 0.6 is 0 Å². The van der Waals surface area contributed by atoms with Crippen LogP contribution in [0.15, 0.2) is 79.4 Å². The average Bonchev–Trinajstić information content (AvgIpc) is 3.00. The molecule has 4 aromatic rings. The third kappa shape index (κ3) is 4.39. The second-order valence-corrected chi connectivity index (χ2v) is 9.62. The Morgan fingerprint density at radius 3 is 2.00 bits per heavy atom. The predicted octanol–water partition coefficient (Wildman–Crippen LogP) is 7.38. The number of rotatable bonds is 8. The van der Waals surface area contributed by atoms with E-state index in [2.05, 4.69) is 12.6 Å². The fourth-order valence-corrected chi connectivity index (χ4v) is 5.24. The van der Waals surface area contributed by atoms with Crippen LogP contribution in [-0.2, 0) is 10.3 Å². The summed E-state index contributed by atoms with van der Waals surface area (Å²) in [6, 6.07) is 21.8. The second kappa shape index (κ2) is 10.4. The highest BCUT2D eigenvalue weighted by Gasteiger charge is 2.39. The Hall–Kier alpha value is -4.35. The van der Waals surface area contributed by atoms with Crippen molar-refractivity contribution in [2.45, 2.75) is 25.6 Å². The molecule has 5 rings (SSSR count). The van der Waals surface area contributed by atoms with Crippen LogP contribution < -0.4 is 14.2 Å². The zero-order valence-corrected chi connectivity index (χ0v) is 22.9. The monoisotopic (exact) mass is 520 g/mol. The van der Waals surface area contributed by atoms with Crippen molar-refractivity contribution in [1.82, 2.24) is 0 Å². The molecule has 0 bridgehead atoms. The number of hydrogen-bond acceptors (Lipinski definition) is 5. The Morgan fingerprint density at radius 1 is 0.897 bits per heavy atom. The number of Topliss-reactive ketones (excluding diaryl/α,β-unsaturated/α-hetero) is 1. The Bertz CT molecular complexity index is 1530. The molecule has 5 heteroatoms. The van der Waals surface area contributed by atoms with Gasteiger partial charge in [0.05, 0.1) is 14.2 Å². The number of ether oxygens (including phenoxy) is 4. The standard InChI is InChI=1S/C34H32O5/c1-7-23-8-17-28-30(20-23)21(2)31(32(35)22(3)36-4)29-18-19-34(39-33(28)29,24-9-13-26(37-5)14-10-24)25-11-15-27(38-6)16-12-25/h7-20,22H,1H2,2-6H3. The topological polar surface area (TPSA) is 54.0 Å². The number of ketones is 1. The minimum absolute atomic E-state index is 0.0909. The van der Waals surface area contributed by atoms with Crippen LogP contribution in [0.5, 0.6) is 17.2 Å². The molecule has 0 aromatic heterocycles. The minimum atomic E-state index is -0.960. The molecule has 0 amide bonds. The maximum Gasteiger partial charge on any atom is 0.192 e. The number of fused-ring (bicyclic) bond motifs is 3. The molecule has 198 valence electrons. The van der Waals surface area contributed by atoms with Gasteiger partial charge in [0.1, 0.15) is 23.4 Å². The van der Waals surface area contributed by atoms with Crippen LogP contribution in [-0.4, -0.2) is 33.2 Å². The lowest BCUT2D eigenvalue weighted by Gasteiger charge is -2.37. The summed E-state index contributed by atoms with van der Waals surface area (Å²) in [4.78, 5) is 13.6. The van der Waals surface area contributed by atoms with E-state index in [1.54, 1.807) is 34.3 Å². The zero-order valence-electron chi connectivity index (χ0n) is 22.9. The Morgan fingerprint density at radius 2 is 1.49 bits per heavy atom. The molecular formula is C34H32O5. The molecule has 39 heavy (non-hydrogen) atoms. The van der Waals surface area contributed by atoms with Crippen molar-refractivity contribution in [3.63, 3.8) is 0 Å². The highest BCUT2D eigenvalue weighted by atomic mass is 16.5. The molecule has 0 spiro atoms. The predicted molar refractivity (Wildman–Crippen MR) is 156 cm³/mol. The molecule has 1 atom stereocenters. The van der Waals surface area contributed by atoms with Gasteiger partial charge in [-0.25, -0.2) is 0 Å². The number of carbonyl (C=O) groups excluding carboxylic acids is 1. The van der Waals surface area contributed by atoms with Crippen LogP contribution in [0.3, 0.4) is 0 Å². The van der Waals surface area contributed by atoms with Crippen LogP contribution in [0, 0.1) is 6.92 Å². The van der Waals surface area contributed by atoms with Gasteiger partial charge in [-0.2, -0.15) is 0 Å². The molecule has 1 aliphatic heterocycles. The number of benzene rings is 4. The van der Waals surface area contributed by atoms with Crippen molar-refractivity contribution in [2.24, 2.45) is 0 Å². The lowest BCUT2D eigenvalue weighted by molar-refractivity contribution is 0.0653. The van der Waals surface area contributed by atoms with Gasteiger partial charge in [-0.05, 0) is 72.8 Å². The summed E-state index contributed by atoms with van der Waals surface area (Å²) in [7, 11) is 4.84. The molecule has 0 saturated carbocycles. The zero-order chi connectivity index (χ0) is 27.7. The first-order valence-corrected chi connectivity index (χ1v) is 12.8. The van der Waals surface area contributed by atoms with Gasteiger partial charge in [0.2, 0.25) is 0 Å². The normalized spacial score (nSPS) is 14.3. The van der Waals surface area contributed by atoms with Crippen molar-refractivity contribution in [2.75, 3.05) is 21.3 Å². The highest BCUT2D eigenvalue weighted by molar-refractivity contribution is 6.11. The van der Waals surface area contributed by atoms with Gasteiger partial charge in [-0.3, -0.25) is 4.79 Å². The first-order chi connectivity index (χ1) is 18.9. The molecule has 1 aliphatic rings. The lowest BCUT2D eigenvalue weighted by atomic mass is 9.81. The number of methoxy groups -OCH3 is 3. The third-order valence-corrected chi connectivity index (χ3v) is 7.57. The van der Waals surface area contributed by atoms with E-state index in [9.17, 15) is 4.79 Å². The van der Waals surface area contributed by atoms with E-state index in [-0.39, 0.29) is 5.78 Å². The fraction of sp³-hybridized carbons (Fsp3) is 0.206. The van der Waals surface area contributed by atoms with E-state index in [1.165, 1.54) is 0 Å². The van der Waals surface area contributed by atoms with E-state index in [4.69, 9.17) is 18.9 Å². The van der Waals surface area contributed by atoms with Crippen LogP contribution in [0.1, 0.15) is 45.1 Å². The van der Waals surface area contributed by atoms with Crippen molar-refractivity contribution in [3.05, 3.63) is 113 Å². The van der Waals surface area contributed by atoms with E-state index >= 15 is 0 Å². The first-order valence-electron chi connectivity index (χ1n) is 12.8. The molecule has 5 nitrogen and oxygen atoms in total. The fourth-order valence-electron chi connectivity index (χ4n) is 5.24. The van der Waals surface area contributed by atoms with Crippen molar-refractivity contribution >= 4 is 28.7 Å². The molecule has 0 radical (unpaired) electrons. The van der Waals surface area contributed by atoms with Crippen LogP contribution in [0.25, 0.3) is 22.9 Å².